The van der Waals surface area contributed by atoms with Gasteiger partial charge in [-0.15, -0.1) is 0 Å². The Morgan fingerprint density at radius 2 is 1.32 bits per heavy atom. The molecule has 220 valence electrons. The summed E-state index contributed by atoms with van der Waals surface area (Å²) in [6, 6.07) is 16.1. The zero-order chi connectivity index (χ0) is 29.4. The highest BCUT2D eigenvalue weighted by atomic mass is 31.2. The average molecular weight is 575 g/mol. The van der Waals surface area contributed by atoms with Crippen molar-refractivity contribution in [1.29, 1.82) is 0 Å². The van der Waals surface area contributed by atoms with Crippen LogP contribution in [0, 0.1) is 5.92 Å². The molecule has 0 aliphatic heterocycles. The molecule has 0 aromatic heterocycles. The smallest absolute Gasteiger partial charge is 0.408 e. The van der Waals surface area contributed by atoms with E-state index in [1.807, 2.05) is 74.5 Å². The third-order valence-electron chi connectivity index (χ3n) is 6.12. The molecular weight excluding hydrogens is 531 g/mol. The van der Waals surface area contributed by atoms with Crippen molar-refractivity contribution >= 4 is 25.1 Å². The van der Waals surface area contributed by atoms with E-state index < -0.39 is 37.2 Å². The van der Waals surface area contributed by atoms with Crippen LogP contribution in [0.1, 0.15) is 64.5 Å². The van der Waals surface area contributed by atoms with Gasteiger partial charge in [-0.05, 0) is 29.9 Å². The quantitative estimate of drug-likeness (QED) is 0.165. The van der Waals surface area contributed by atoms with E-state index in [4.69, 9.17) is 13.8 Å². The number of hydrogen-bond donors (Lipinski definition) is 2. The van der Waals surface area contributed by atoms with Crippen LogP contribution < -0.4 is 10.6 Å². The van der Waals surface area contributed by atoms with E-state index in [1.54, 1.807) is 13.8 Å². The summed E-state index contributed by atoms with van der Waals surface area (Å²) in [5, 5.41) is 5.32. The van der Waals surface area contributed by atoms with Crippen LogP contribution in [0.25, 0.3) is 0 Å². The van der Waals surface area contributed by atoms with E-state index in [1.165, 1.54) is 0 Å². The molecule has 2 aromatic rings. The maximum Gasteiger partial charge on any atom is 0.408 e. The number of amides is 2. The monoisotopic (exact) mass is 574 g/mol. The predicted molar refractivity (Wildman–Crippen MR) is 155 cm³/mol. The minimum atomic E-state index is -4.21. The summed E-state index contributed by atoms with van der Waals surface area (Å²) in [5.74, 6) is -0.931. The summed E-state index contributed by atoms with van der Waals surface area (Å²) in [6.07, 6.45) is 2.10. The van der Waals surface area contributed by atoms with Crippen LogP contribution in [-0.4, -0.2) is 42.8 Å². The lowest BCUT2D eigenvalue weighted by molar-refractivity contribution is -0.127. The number of benzene rings is 2. The molecular formula is C30H43N2O7P. The first-order valence-corrected chi connectivity index (χ1v) is 15.5. The lowest BCUT2D eigenvalue weighted by Crippen LogP contribution is -2.54. The Kier molecular flexibility index (Phi) is 14.6. The number of ether oxygens (including phenoxy) is 1. The summed E-state index contributed by atoms with van der Waals surface area (Å²) in [6.45, 7) is 7.68. The summed E-state index contributed by atoms with van der Waals surface area (Å²) < 4.78 is 30.2. The van der Waals surface area contributed by atoms with E-state index >= 15 is 0 Å². The Labute approximate surface area is 237 Å². The maximum absolute atomic E-state index is 13.7. The molecule has 0 fully saturated rings. The molecule has 2 amide bonds. The molecule has 0 saturated carbocycles. The van der Waals surface area contributed by atoms with Crippen LogP contribution in [0.5, 0.6) is 0 Å². The summed E-state index contributed by atoms with van der Waals surface area (Å²) in [4.78, 5) is 39.7. The van der Waals surface area contributed by atoms with E-state index in [9.17, 15) is 18.9 Å². The highest BCUT2D eigenvalue weighted by Crippen LogP contribution is 2.50. The molecule has 2 aromatic carbocycles. The predicted octanol–water partition coefficient (Wildman–Crippen LogP) is 6.02. The van der Waals surface area contributed by atoms with Crippen LogP contribution in [0.15, 0.2) is 60.7 Å². The van der Waals surface area contributed by atoms with Crippen LogP contribution in [0.2, 0.25) is 0 Å². The Hall–Kier alpha value is -3.00. The molecule has 0 aliphatic rings. The van der Waals surface area contributed by atoms with Crippen molar-refractivity contribution in [2.24, 2.45) is 5.92 Å². The maximum atomic E-state index is 13.7. The number of nitrogens with one attached hydrogen (secondary N) is 2. The Morgan fingerprint density at radius 3 is 1.82 bits per heavy atom. The van der Waals surface area contributed by atoms with Crippen molar-refractivity contribution in [3.05, 3.63) is 71.8 Å². The topological polar surface area (TPSA) is 120 Å². The second kappa shape index (κ2) is 17.6. The van der Waals surface area contributed by atoms with Gasteiger partial charge in [0.1, 0.15) is 18.7 Å². The van der Waals surface area contributed by atoms with Crippen molar-refractivity contribution in [1.82, 2.24) is 10.6 Å². The number of hydrogen-bond acceptors (Lipinski definition) is 7. The first-order chi connectivity index (χ1) is 19.2. The molecule has 2 rings (SSSR count). The SMILES string of the molecule is CCCCOP(=O)(OCCCC)C(=O)[C@H](Cc1ccccc1)NC(=O)[C@@H](NC(=O)OCc1ccccc1)C(C)C. The molecule has 0 spiro atoms. The van der Waals surface area contributed by atoms with Gasteiger partial charge in [0, 0.05) is 6.42 Å². The van der Waals surface area contributed by atoms with Gasteiger partial charge in [0.25, 0.3) is 5.52 Å². The van der Waals surface area contributed by atoms with Gasteiger partial charge in [0.15, 0.2) is 0 Å². The minimum absolute atomic E-state index is 0.0433. The Balaban J connectivity index is 2.22. The van der Waals surface area contributed by atoms with Crippen LogP contribution in [0.3, 0.4) is 0 Å². The van der Waals surface area contributed by atoms with Crippen molar-refractivity contribution in [2.45, 2.75) is 78.5 Å². The molecule has 40 heavy (non-hydrogen) atoms. The number of carbonyl (C=O) groups is 3. The van der Waals surface area contributed by atoms with Gasteiger partial charge >= 0.3 is 13.7 Å². The molecule has 2 N–H and O–H groups in total. The van der Waals surface area contributed by atoms with Gasteiger partial charge in [-0.1, -0.05) is 101 Å². The second-order valence-electron chi connectivity index (χ2n) is 9.89. The molecule has 2 atom stereocenters. The standard InChI is InChI=1S/C30H43N2O7P/c1-5-7-19-38-40(36,39-20-8-6-2)29(34)26(21-24-15-11-9-12-16-24)31-28(33)27(23(3)4)32-30(35)37-22-25-17-13-10-14-18-25/h9-18,23,26-27H,5-8,19-22H2,1-4H3,(H,31,33)(H,32,35)/t26-,27-/m0/s1. The normalized spacial score (nSPS) is 12.9. The second-order valence-corrected chi connectivity index (χ2v) is 11.8. The fourth-order valence-corrected chi connectivity index (χ4v) is 5.36. The van der Waals surface area contributed by atoms with Gasteiger partial charge < -0.3 is 24.4 Å². The lowest BCUT2D eigenvalue weighted by atomic mass is 10.0. The highest BCUT2D eigenvalue weighted by molar-refractivity contribution is 7.72. The van der Waals surface area contributed by atoms with Crippen molar-refractivity contribution < 1.29 is 32.7 Å². The molecule has 9 nitrogen and oxygen atoms in total. The molecule has 0 heterocycles. The number of rotatable bonds is 18. The lowest BCUT2D eigenvalue weighted by Gasteiger charge is -2.27. The first-order valence-electron chi connectivity index (χ1n) is 13.9. The Morgan fingerprint density at radius 1 is 0.800 bits per heavy atom. The van der Waals surface area contributed by atoms with E-state index in [-0.39, 0.29) is 32.2 Å². The Bertz CT molecular complexity index is 1080. The van der Waals surface area contributed by atoms with Crippen molar-refractivity contribution in [3.8, 4) is 0 Å². The average Bonchev–Trinajstić information content (AvgIpc) is 2.95. The first kappa shape index (κ1) is 33.2. The number of carbonyl (C=O) groups excluding carboxylic acids is 3. The molecule has 0 aliphatic carbocycles. The van der Waals surface area contributed by atoms with Crippen LogP contribution >= 0.6 is 7.60 Å². The fourth-order valence-electron chi connectivity index (χ4n) is 3.75. The molecule has 10 heteroatoms. The fraction of sp³-hybridized carbons (Fsp3) is 0.500. The molecule has 0 unspecified atom stereocenters. The molecule has 0 saturated heterocycles. The minimum Gasteiger partial charge on any atom is -0.445 e. The summed E-state index contributed by atoms with van der Waals surface area (Å²) in [5.41, 5.74) is 0.746. The highest BCUT2D eigenvalue weighted by Gasteiger charge is 2.42. The summed E-state index contributed by atoms with van der Waals surface area (Å²) >= 11 is 0. The number of unbranched alkanes of at least 4 members (excludes halogenated alkanes) is 2. The largest absolute Gasteiger partial charge is 0.445 e. The van der Waals surface area contributed by atoms with E-state index in [2.05, 4.69) is 10.6 Å². The molecule has 0 bridgehead atoms. The van der Waals surface area contributed by atoms with Gasteiger partial charge in [0.05, 0.1) is 13.2 Å². The van der Waals surface area contributed by atoms with E-state index in [0.29, 0.717) is 12.8 Å². The zero-order valence-electron chi connectivity index (χ0n) is 24.0. The van der Waals surface area contributed by atoms with Gasteiger partial charge in [-0.25, -0.2) is 4.79 Å². The van der Waals surface area contributed by atoms with Crippen molar-refractivity contribution in [3.63, 3.8) is 0 Å². The third-order valence-corrected chi connectivity index (χ3v) is 8.02. The van der Waals surface area contributed by atoms with E-state index in [0.717, 1.165) is 24.0 Å². The summed E-state index contributed by atoms with van der Waals surface area (Å²) in [7, 11) is -4.21. The van der Waals surface area contributed by atoms with Crippen LogP contribution in [-0.2, 0) is 41.0 Å². The molecule has 0 radical (unpaired) electrons. The van der Waals surface area contributed by atoms with Gasteiger partial charge in [0.2, 0.25) is 5.91 Å². The number of alkyl carbamates (subject to hydrolysis) is 1. The van der Waals surface area contributed by atoms with Gasteiger partial charge in [-0.3, -0.25) is 14.2 Å². The van der Waals surface area contributed by atoms with Gasteiger partial charge in [-0.2, -0.15) is 0 Å². The van der Waals surface area contributed by atoms with Crippen LogP contribution in [0.4, 0.5) is 4.79 Å². The van der Waals surface area contributed by atoms with Crippen molar-refractivity contribution in [2.75, 3.05) is 13.2 Å². The zero-order valence-corrected chi connectivity index (χ0v) is 24.9. The third kappa shape index (κ3) is 11.2.